The maximum absolute atomic E-state index is 4.73. The standard InChI is InChI=1S/C20H21BrN4S/c1-24-10-12-25(13-11-24)18-8-2-15(3-9-18)19-14-26-20(23-19)22-17-6-4-16(21)5-7-17/h2-9,14H,10-13H2,1H3,(H,22,23). The Balaban J connectivity index is 1.44. The number of piperazine rings is 1. The van der Waals surface area contributed by atoms with Crippen LogP contribution in [0.2, 0.25) is 0 Å². The van der Waals surface area contributed by atoms with Crippen molar-refractivity contribution in [3.63, 3.8) is 0 Å². The number of halogens is 1. The summed E-state index contributed by atoms with van der Waals surface area (Å²) in [7, 11) is 2.18. The summed E-state index contributed by atoms with van der Waals surface area (Å²) in [6, 6.07) is 16.9. The quantitative estimate of drug-likeness (QED) is 0.628. The molecule has 2 aromatic carbocycles. The third-order valence-corrected chi connectivity index (χ3v) is 5.92. The molecule has 1 aromatic heterocycles. The van der Waals surface area contributed by atoms with E-state index in [0.717, 1.165) is 52.7 Å². The largest absolute Gasteiger partial charge is 0.369 e. The van der Waals surface area contributed by atoms with Crippen molar-refractivity contribution >= 4 is 43.8 Å². The molecule has 134 valence electrons. The molecule has 0 atom stereocenters. The van der Waals surface area contributed by atoms with Gasteiger partial charge in [0.2, 0.25) is 0 Å². The lowest BCUT2D eigenvalue weighted by molar-refractivity contribution is 0.313. The van der Waals surface area contributed by atoms with Gasteiger partial charge in [-0.1, -0.05) is 28.1 Å². The maximum Gasteiger partial charge on any atom is 0.187 e. The Morgan fingerprint density at radius 1 is 0.962 bits per heavy atom. The SMILES string of the molecule is CN1CCN(c2ccc(-c3csc(Nc4ccc(Br)cc4)n3)cc2)CC1. The number of thiazole rings is 1. The van der Waals surface area contributed by atoms with E-state index in [1.165, 1.54) is 5.69 Å². The Bertz CT molecular complexity index is 852. The van der Waals surface area contributed by atoms with Crippen LogP contribution in [0.3, 0.4) is 0 Å². The van der Waals surface area contributed by atoms with Crippen LogP contribution < -0.4 is 10.2 Å². The van der Waals surface area contributed by atoms with E-state index in [1.807, 2.05) is 24.3 Å². The van der Waals surface area contributed by atoms with Crippen LogP contribution in [-0.2, 0) is 0 Å². The molecule has 4 nitrogen and oxygen atoms in total. The van der Waals surface area contributed by atoms with Crippen molar-refractivity contribution in [1.82, 2.24) is 9.88 Å². The number of benzene rings is 2. The van der Waals surface area contributed by atoms with E-state index in [9.17, 15) is 0 Å². The Labute approximate surface area is 166 Å². The van der Waals surface area contributed by atoms with Crippen LogP contribution in [0.25, 0.3) is 11.3 Å². The first kappa shape index (κ1) is 17.5. The molecule has 26 heavy (non-hydrogen) atoms. The zero-order chi connectivity index (χ0) is 17.9. The van der Waals surface area contributed by atoms with Gasteiger partial charge in [0, 0.05) is 53.0 Å². The summed E-state index contributed by atoms with van der Waals surface area (Å²) in [6.45, 7) is 4.43. The molecule has 1 aliphatic rings. The van der Waals surface area contributed by atoms with Crippen molar-refractivity contribution < 1.29 is 0 Å². The lowest BCUT2D eigenvalue weighted by Gasteiger charge is -2.34. The molecule has 1 aliphatic heterocycles. The highest BCUT2D eigenvalue weighted by atomic mass is 79.9. The van der Waals surface area contributed by atoms with Crippen molar-refractivity contribution in [2.24, 2.45) is 0 Å². The van der Waals surface area contributed by atoms with Gasteiger partial charge < -0.3 is 15.1 Å². The topological polar surface area (TPSA) is 31.4 Å². The van der Waals surface area contributed by atoms with Crippen LogP contribution in [-0.4, -0.2) is 43.1 Å². The minimum atomic E-state index is 0.908. The molecule has 0 bridgehead atoms. The Hall–Kier alpha value is -1.89. The number of hydrogen-bond acceptors (Lipinski definition) is 5. The van der Waals surface area contributed by atoms with Gasteiger partial charge in [-0.15, -0.1) is 11.3 Å². The molecule has 1 fully saturated rings. The normalized spacial score (nSPS) is 15.2. The van der Waals surface area contributed by atoms with Gasteiger partial charge in [-0.3, -0.25) is 0 Å². The zero-order valence-electron chi connectivity index (χ0n) is 14.7. The van der Waals surface area contributed by atoms with Crippen LogP contribution in [0.4, 0.5) is 16.5 Å². The van der Waals surface area contributed by atoms with Gasteiger partial charge in [0.15, 0.2) is 5.13 Å². The molecule has 4 rings (SSSR count). The van der Waals surface area contributed by atoms with Gasteiger partial charge in [0.05, 0.1) is 5.69 Å². The van der Waals surface area contributed by atoms with Crippen molar-refractivity contribution in [2.45, 2.75) is 0 Å². The van der Waals surface area contributed by atoms with Gasteiger partial charge in [-0.25, -0.2) is 4.98 Å². The van der Waals surface area contributed by atoms with Gasteiger partial charge in [0.25, 0.3) is 0 Å². The fourth-order valence-electron chi connectivity index (χ4n) is 3.03. The molecule has 0 amide bonds. The number of rotatable bonds is 4. The van der Waals surface area contributed by atoms with Gasteiger partial charge >= 0.3 is 0 Å². The minimum Gasteiger partial charge on any atom is -0.369 e. The molecule has 0 saturated carbocycles. The van der Waals surface area contributed by atoms with E-state index in [-0.39, 0.29) is 0 Å². The zero-order valence-corrected chi connectivity index (χ0v) is 17.1. The molecular weight excluding hydrogens is 408 g/mol. The predicted octanol–water partition coefficient (Wildman–Crippen LogP) is 5.07. The second-order valence-electron chi connectivity index (χ2n) is 6.51. The number of likely N-dealkylation sites (N-methyl/N-ethyl adjacent to an activating group) is 1. The summed E-state index contributed by atoms with van der Waals surface area (Å²) in [5.41, 5.74) is 4.51. The Kier molecular flexibility index (Phi) is 5.24. The summed E-state index contributed by atoms with van der Waals surface area (Å²) in [5, 5.41) is 6.37. The average Bonchev–Trinajstić information content (AvgIpc) is 3.13. The number of anilines is 3. The highest BCUT2D eigenvalue weighted by Gasteiger charge is 2.14. The number of aromatic nitrogens is 1. The summed E-state index contributed by atoms with van der Waals surface area (Å²) < 4.78 is 1.07. The van der Waals surface area contributed by atoms with Crippen LogP contribution in [0.1, 0.15) is 0 Å². The first-order valence-electron chi connectivity index (χ1n) is 8.69. The predicted molar refractivity (Wildman–Crippen MR) is 115 cm³/mol. The van der Waals surface area contributed by atoms with E-state index >= 15 is 0 Å². The second-order valence-corrected chi connectivity index (χ2v) is 8.28. The molecule has 0 aliphatic carbocycles. The lowest BCUT2D eigenvalue weighted by atomic mass is 10.1. The molecule has 2 heterocycles. The minimum absolute atomic E-state index is 0.908. The fraction of sp³-hybridized carbons (Fsp3) is 0.250. The van der Waals surface area contributed by atoms with Gasteiger partial charge in [-0.05, 0) is 43.4 Å². The molecule has 0 radical (unpaired) electrons. The Morgan fingerprint density at radius 3 is 2.35 bits per heavy atom. The molecule has 0 spiro atoms. The summed E-state index contributed by atoms with van der Waals surface area (Å²) >= 11 is 5.08. The lowest BCUT2D eigenvalue weighted by Crippen LogP contribution is -2.44. The fourth-order valence-corrected chi connectivity index (χ4v) is 4.03. The van der Waals surface area contributed by atoms with Gasteiger partial charge in [-0.2, -0.15) is 0 Å². The molecule has 6 heteroatoms. The van der Waals surface area contributed by atoms with Crippen molar-refractivity contribution in [2.75, 3.05) is 43.4 Å². The van der Waals surface area contributed by atoms with Crippen molar-refractivity contribution in [3.8, 4) is 11.3 Å². The maximum atomic E-state index is 4.73. The molecule has 1 N–H and O–H groups in total. The van der Waals surface area contributed by atoms with Crippen LogP contribution in [0.5, 0.6) is 0 Å². The van der Waals surface area contributed by atoms with Crippen LogP contribution >= 0.6 is 27.3 Å². The second kappa shape index (κ2) is 7.78. The highest BCUT2D eigenvalue weighted by molar-refractivity contribution is 9.10. The van der Waals surface area contributed by atoms with E-state index in [4.69, 9.17) is 4.98 Å². The van der Waals surface area contributed by atoms with Crippen molar-refractivity contribution in [1.29, 1.82) is 0 Å². The van der Waals surface area contributed by atoms with Crippen LogP contribution in [0, 0.1) is 0 Å². The monoisotopic (exact) mass is 428 g/mol. The van der Waals surface area contributed by atoms with Crippen molar-refractivity contribution in [3.05, 3.63) is 58.4 Å². The number of hydrogen-bond donors (Lipinski definition) is 1. The number of nitrogens with one attached hydrogen (secondary N) is 1. The molecule has 1 saturated heterocycles. The summed E-state index contributed by atoms with van der Waals surface area (Å²) in [6.07, 6.45) is 0. The smallest absolute Gasteiger partial charge is 0.187 e. The first-order chi connectivity index (χ1) is 12.7. The highest BCUT2D eigenvalue weighted by Crippen LogP contribution is 2.29. The molecule has 0 unspecified atom stereocenters. The number of nitrogens with zero attached hydrogens (tertiary/aromatic N) is 3. The van der Waals surface area contributed by atoms with E-state index in [1.54, 1.807) is 11.3 Å². The van der Waals surface area contributed by atoms with E-state index < -0.39 is 0 Å². The molecule has 3 aromatic rings. The van der Waals surface area contributed by atoms with Crippen LogP contribution in [0.15, 0.2) is 58.4 Å². The van der Waals surface area contributed by atoms with E-state index in [0.29, 0.717) is 0 Å². The molecular formula is C20H21BrN4S. The summed E-state index contributed by atoms with van der Waals surface area (Å²) in [5.74, 6) is 0. The third kappa shape index (κ3) is 4.09. The average molecular weight is 429 g/mol. The Morgan fingerprint density at radius 2 is 1.65 bits per heavy atom. The first-order valence-corrected chi connectivity index (χ1v) is 10.4. The third-order valence-electron chi connectivity index (χ3n) is 4.63. The summed E-state index contributed by atoms with van der Waals surface area (Å²) in [4.78, 5) is 9.55. The van der Waals surface area contributed by atoms with Gasteiger partial charge in [0.1, 0.15) is 0 Å². The van der Waals surface area contributed by atoms with E-state index in [2.05, 4.69) is 67.7 Å².